The molecule has 0 unspecified atom stereocenters. The summed E-state index contributed by atoms with van der Waals surface area (Å²) < 4.78 is 0. The zero-order valence-electron chi connectivity index (χ0n) is 3.85. The van der Waals surface area contributed by atoms with Crippen LogP contribution in [0.3, 0.4) is 0 Å². The zero-order chi connectivity index (χ0) is 3.41. The number of hydrogen-bond donors (Lipinski definition) is 2. The fraction of sp³-hybridized carbons (Fsp3) is 1.00. The maximum atomic E-state index is 7.75. The summed E-state index contributed by atoms with van der Waals surface area (Å²) in [5.41, 5.74) is 4.78. The van der Waals surface area contributed by atoms with Crippen molar-refractivity contribution < 1.29 is 5.11 Å². The van der Waals surface area contributed by atoms with Crippen molar-refractivity contribution >= 4 is 42.0 Å². The predicted molar refractivity (Wildman–Crippen MR) is 29.1 cm³/mol. The van der Waals surface area contributed by atoms with Gasteiger partial charge in [0.15, 0.2) is 0 Å². The van der Waals surface area contributed by atoms with Crippen LogP contribution in [0.4, 0.5) is 0 Å². The summed E-state index contributed by atoms with van der Waals surface area (Å²) in [6.07, 6.45) is 0. The monoisotopic (exact) mass is 120 g/mol. The SMILES string of the molecule is Cl.NCCO.[Na]. The topological polar surface area (TPSA) is 46.2 Å². The molecule has 0 amide bonds. The van der Waals surface area contributed by atoms with E-state index in [-0.39, 0.29) is 48.6 Å². The maximum absolute atomic E-state index is 7.75. The van der Waals surface area contributed by atoms with Gasteiger partial charge in [0.05, 0.1) is 6.61 Å². The minimum Gasteiger partial charge on any atom is -0.395 e. The van der Waals surface area contributed by atoms with E-state index >= 15 is 0 Å². The molecular weight excluding hydrogens is 112 g/mol. The molecule has 35 valence electrons. The quantitative estimate of drug-likeness (QED) is 0.435. The molecule has 4 heteroatoms. The molecule has 0 spiro atoms. The van der Waals surface area contributed by atoms with E-state index in [4.69, 9.17) is 10.8 Å². The number of rotatable bonds is 1. The van der Waals surface area contributed by atoms with Gasteiger partial charge in [-0.2, -0.15) is 0 Å². The second-order valence-electron chi connectivity index (χ2n) is 0.512. The summed E-state index contributed by atoms with van der Waals surface area (Å²) in [4.78, 5) is 0. The molecule has 0 aromatic heterocycles. The Morgan fingerprint density at radius 2 is 1.67 bits per heavy atom. The first-order valence-electron chi connectivity index (χ1n) is 1.22. The molecule has 0 atom stereocenters. The first kappa shape index (κ1) is 15.7. The summed E-state index contributed by atoms with van der Waals surface area (Å²) in [6.45, 7) is 0.472. The van der Waals surface area contributed by atoms with Crippen molar-refractivity contribution in [1.82, 2.24) is 0 Å². The maximum Gasteiger partial charge on any atom is 0.0553 e. The van der Waals surface area contributed by atoms with Gasteiger partial charge < -0.3 is 10.8 Å². The van der Waals surface area contributed by atoms with Crippen LogP contribution < -0.4 is 5.73 Å². The molecule has 0 saturated carbocycles. The van der Waals surface area contributed by atoms with Crippen LogP contribution in [0.15, 0.2) is 0 Å². The van der Waals surface area contributed by atoms with Crippen molar-refractivity contribution in [2.75, 3.05) is 13.2 Å². The van der Waals surface area contributed by atoms with E-state index in [0.717, 1.165) is 0 Å². The molecule has 0 heterocycles. The van der Waals surface area contributed by atoms with Crippen LogP contribution in [-0.2, 0) is 0 Å². The van der Waals surface area contributed by atoms with Crippen molar-refractivity contribution in [3.63, 3.8) is 0 Å². The molecule has 0 fully saturated rings. The van der Waals surface area contributed by atoms with E-state index in [2.05, 4.69) is 0 Å². The first-order chi connectivity index (χ1) is 1.91. The van der Waals surface area contributed by atoms with Gasteiger partial charge in [0.2, 0.25) is 0 Å². The molecule has 1 radical (unpaired) electrons. The minimum atomic E-state index is 0. The molecule has 2 nitrogen and oxygen atoms in total. The Hall–Kier alpha value is 1.21. The average Bonchev–Trinajstić information content (AvgIpc) is 1.37. The third-order valence-electron chi connectivity index (χ3n) is 0.129. The molecule has 0 bridgehead atoms. The van der Waals surface area contributed by atoms with Crippen LogP contribution in [0.2, 0.25) is 0 Å². The Bertz CT molecular complexity index is 15.5. The van der Waals surface area contributed by atoms with Crippen molar-refractivity contribution in [2.45, 2.75) is 0 Å². The van der Waals surface area contributed by atoms with E-state index in [1.807, 2.05) is 0 Å². The molecular formula is C2H8ClNNaO. The van der Waals surface area contributed by atoms with E-state index in [1.54, 1.807) is 0 Å². The molecule has 0 rings (SSSR count). The van der Waals surface area contributed by atoms with Crippen LogP contribution in [0.5, 0.6) is 0 Å². The Kier molecular flexibility index (Phi) is 42.8. The number of aliphatic hydroxyl groups is 1. The molecule has 0 aliphatic heterocycles. The third-order valence-corrected chi connectivity index (χ3v) is 0.129. The van der Waals surface area contributed by atoms with Crippen LogP contribution in [-0.4, -0.2) is 47.8 Å². The molecule has 3 N–H and O–H groups in total. The van der Waals surface area contributed by atoms with Crippen molar-refractivity contribution in [3.8, 4) is 0 Å². The van der Waals surface area contributed by atoms with Gasteiger partial charge >= 0.3 is 0 Å². The molecule has 0 aliphatic rings. The van der Waals surface area contributed by atoms with Crippen LogP contribution in [0.1, 0.15) is 0 Å². The predicted octanol–water partition coefficient (Wildman–Crippen LogP) is -1.02. The number of hydrogen-bond acceptors (Lipinski definition) is 2. The Morgan fingerprint density at radius 3 is 1.67 bits per heavy atom. The molecule has 0 aromatic rings. The van der Waals surface area contributed by atoms with Crippen LogP contribution in [0, 0.1) is 0 Å². The van der Waals surface area contributed by atoms with Crippen LogP contribution >= 0.6 is 12.4 Å². The van der Waals surface area contributed by atoms with Gasteiger partial charge in [0, 0.05) is 36.1 Å². The summed E-state index contributed by atoms with van der Waals surface area (Å²) in [5.74, 6) is 0. The second kappa shape index (κ2) is 16.4. The third kappa shape index (κ3) is 18.9. The van der Waals surface area contributed by atoms with Gasteiger partial charge in [-0.25, -0.2) is 0 Å². The van der Waals surface area contributed by atoms with Gasteiger partial charge in [-0.3, -0.25) is 0 Å². The zero-order valence-corrected chi connectivity index (χ0v) is 6.66. The van der Waals surface area contributed by atoms with Gasteiger partial charge in [-0.15, -0.1) is 12.4 Å². The molecule has 0 aromatic carbocycles. The van der Waals surface area contributed by atoms with Gasteiger partial charge in [0.1, 0.15) is 0 Å². The first-order valence-corrected chi connectivity index (χ1v) is 1.22. The molecule has 6 heavy (non-hydrogen) atoms. The summed E-state index contributed by atoms with van der Waals surface area (Å²) >= 11 is 0. The fourth-order valence-electron chi connectivity index (χ4n) is 0. The smallest absolute Gasteiger partial charge is 0.0553 e. The van der Waals surface area contributed by atoms with Gasteiger partial charge in [-0.1, -0.05) is 0 Å². The average molecular weight is 121 g/mol. The van der Waals surface area contributed by atoms with Crippen molar-refractivity contribution in [1.29, 1.82) is 0 Å². The Morgan fingerprint density at radius 1 is 1.50 bits per heavy atom. The molecule has 0 saturated heterocycles. The molecule has 0 aliphatic carbocycles. The second-order valence-corrected chi connectivity index (χ2v) is 0.512. The summed E-state index contributed by atoms with van der Waals surface area (Å²) in [5, 5.41) is 7.75. The Balaban J connectivity index is -0.0000000450. The standard InChI is InChI=1S/C2H7NO.ClH.Na/c3-1-2-4;;/h4H,1-3H2;1H;. The summed E-state index contributed by atoms with van der Waals surface area (Å²) in [7, 11) is 0. The minimum absolute atomic E-state index is 0. The van der Waals surface area contributed by atoms with E-state index in [0.29, 0.717) is 6.54 Å². The number of nitrogens with two attached hydrogens (primary N) is 1. The van der Waals surface area contributed by atoms with Gasteiger partial charge in [-0.05, 0) is 0 Å². The van der Waals surface area contributed by atoms with E-state index in [1.165, 1.54) is 0 Å². The number of aliphatic hydroxyl groups excluding tert-OH is 1. The van der Waals surface area contributed by atoms with E-state index < -0.39 is 0 Å². The largest absolute Gasteiger partial charge is 0.395 e. The van der Waals surface area contributed by atoms with Crippen LogP contribution in [0.25, 0.3) is 0 Å². The fourth-order valence-corrected chi connectivity index (χ4v) is 0. The number of halogens is 1. The summed E-state index contributed by atoms with van der Waals surface area (Å²) in [6, 6.07) is 0. The van der Waals surface area contributed by atoms with Gasteiger partial charge in [0.25, 0.3) is 0 Å². The van der Waals surface area contributed by atoms with Crippen molar-refractivity contribution in [3.05, 3.63) is 0 Å². The van der Waals surface area contributed by atoms with Crippen molar-refractivity contribution in [2.24, 2.45) is 5.73 Å². The Labute approximate surface area is 65.8 Å². The normalized spacial score (nSPS) is 5.00. The van der Waals surface area contributed by atoms with E-state index in [9.17, 15) is 0 Å².